The second kappa shape index (κ2) is 8.10. The highest BCUT2D eigenvalue weighted by Crippen LogP contribution is 2.30. The Balaban J connectivity index is 1.32. The van der Waals surface area contributed by atoms with Crippen molar-refractivity contribution >= 4 is 38.7 Å². The van der Waals surface area contributed by atoms with Crippen molar-refractivity contribution in [3.63, 3.8) is 0 Å². The molecule has 0 radical (unpaired) electrons. The van der Waals surface area contributed by atoms with Crippen LogP contribution in [0, 0.1) is 0 Å². The minimum atomic E-state index is -2.88. The van der Waals surface area contributed by atoms with Crippen LogP contribution in [0.4, 0.5) is 0 Å². The van der Waals surface area contributed by atoms with E-state index in [-0.39, 0.29) is 29.9 Å². The summed E-state index contributed by atoms with van der Waals surface area (Å²) in [5.41, 5.74) is 1.64. The van der Waals surface area contributed by atoms with Gasteiger partial charge in [-0.05, 0) is 12.5 Å². The molecule has 1 amide bonds. The number of hydrogen-bond donors (Lipinski definition) is 0. The first kappa shape index (κ1) is 19.8. The lowest BCUT2D eigenvalue weighted by Gasteiger charge is -2.37. The first-order valence-corrected chi connectivity index (χ1v) is 12.4. The van der Waals surface area contributed by atoms with Gasteiger partial charge in [-0.25, -0.2) is 13.4 Å². The van der Waals surface area contributed by atoms with Crippen LogP contribution in [0.1, 0.15) is 12.1 Å². The molecule has 1 atom stereocenters. The maximum absolute atomic E-state index is 12.7. The van der Waals surface area contributed by atoms with Crippen LogP contribution in [0.15, 0.2) is 29.6 Å². The molecule has 1 aromatic carbocycles. The zero-order valence-electron chi connectivity index (χ0n) is 15.4. The van der Waals surface area contributed by atoms with Crippen LogP contribution in [-0.2, 0) is 21.1 Å². The second-order valence-electron chi connectivity index (χ2n) is 7.27. The van der Waals surface area contributed by atoms with Gasteiger partial charge in [0.15, 0.2) is 9.84 Å². The lowest BCUT2D eigenvalue weighted by molar-refractivity contribution is -0.132. The average molecular weight is 440 g/mol. The van der Waals surface area contributed by atoms with E-state index < -0.39 is 9.84 Å². The lowest BCUT2D eigenvalue weighted by atomic mass is 10.2. The number of aromatic nitrogens is 1. The van der Waals surface area contributed by atoms with Crippen LogP contribution in [0.25, 0.3) is 10.6 Å². The second-order valence-corrected chi connectivity index (χ2v) is 10.8. The smallest absolute Gasteiger partial charge is 0.228 e. The van der Waals surface area contributed by atoms with E-state index in [1.165, 1.54) is 11.3 Å². The summed E-state index contributed by atoms with van der Waals surface area (Å²) in [7, 11) is -2.88. The van der Waals surface area contributed by atoms with Gasteiger partial charge in [0.2, 0.25) is 5.91 Å². The van der Waals surface area contributed by atoms with Gasteiger partial charge in [0, 0.05) is 43.2 Å². The summed E-state index contributed by atoms with van der Waals surface area (Å²) in [6.45, 7) is 2.73. The Bertz CT molecular complexity index is 968. The molecule has 150 valence electrons. The maximum Gasteiger partial charge on any atom is 0.228 e. The van der Waals surface area contributed by atoms with Crippen molar-refractivity contribution in [3.8, 4) is 10.6 Å². The molecule has 2 aromatic rings. The fraction of sp³-hybridized carbons (Fsp3) is 0.474. The van der Waals surface area contributed by atoms with Crippen LogP contribution in [0.3, 0.4) is 0 Å². The zero-order valence-corrected chi connectivity index (χ0v) is 17.8. The molecule has 4 rings (SSSR count). The summed E-state index contributed by atoms with van der Waals surface area (Å²) in [6.07, 6.45) is 0.985. The molecule has 28 heavy (non-hydrogen) atoms. The van der Waals surface area contributed by atoms with Crippen molar-refractivity contribution in [1.82, 2.24) is 14.8 Å². The van der Waals surface area contributed by atoms with Crippen molar-refractivity contribution < 1.29 is 13.2 Å². The summed E-state index contributed by atoms with van der Waals surface area (Å²) in [5.74, 6) is 0.605. The first-order chi connectivity index (χ1) is 13.4. The molecule has 1 unspecified atom stereocenters. The summed E-state index contributed by atoms with van der Waals surface area (Å²) in [6, 6.07) is 7.67. The third kappa shape index (κ3) is 4.40. The van der Waals surface area contributed by atoms with Crippen LogP contribution in [-0.4, -0.2) is 72.8 Å². The van der Waals surface area contributed by atoms with E-state index in [0.29, 0.717) is 24.5 Å². The molecule has 2 saturated heterocycles. The largest absolute Gasteiger partial charge is 0.340 e. The lowest BCUT2D eigenvalue weighted by Crippen LogP contribution is -2.52. The van der Waals surface area contributed by atoms with Crippen molar-refractivity contribution in [1.29, 1.82) is 0 Å². The fourth-order valence-electron chi connectivity index (χ4n) is 3.81. The van der Waals surface area contributed by atoms with Gasteiger partial charge in [0.1, 0.15) is 5.01 Å². The molecule has 2 fully saturated rings. The number of benzene rings is 1. The van der Waals surface area contributed by atoms with E-state index in [1.807, 2.05) is 34.5 Å². The van der Waals surface area contributed by atoms with Gasteiger partial charge >= 0.3 is 0 Å². The minimum absolute atomic E-state index is 0.0645. The van der Waals surface area contributed by atoms with Crippen LogP contribution >= 0.6 is 22.9 Å². The van der Waals surface area contributed by atoms with Crippen molar-refractivity contribution in [3.05, 3.63) is 40.4 Å². The average Bonchev–Trinajstić information content (AvgIpc) is 3.28. The highest BCUT2D eigenvalue weighted by molar-refractivity contribution is 7.91. The van der Waals surface area contributed by atoms with Crippen molar-refractivity contribution in [2.75, 3.05) is 37.7 Å². The Hall–Kier alpha value is -1.48. The van der Waals surface area contributed by atoms with Gasteiger partial charge < -0.3 is 4.90 Å². The standard InChI is InChI=1S/C19H22ClN3O3S2/c20-17-4-2-1-3-16(17)19-21-14(12-27-19)11-18(24)23-8-6-22(7-9-23)15-5-10-28(25,26)13-15/h1-4,12,15H,5-11,13H2. The summed E-state index contributed by atoms with van der Waals surface area (Å²) < 4.78 is 23.4. The SMILES string of the molecule is O=C(Cc1csc(-c2ccccc2Cl)n1)N1CCN(C2CCS(=O)(=O)C2)CC1. The first-order valence-electron chi connectivity index (χ1n) is 9.33. The highest BCUT2D eigenvalue weighted by Gasteiger charge is 2.34. The monoisotopic (exact) mass is 439 g/mol. The molecular weight excluding hydrogens is 418 g/mol. The van der Waals surface area contributed by atoms with Crippen molar-refractivity contribution in [2.45, 2.75) is 18.9 Å². The molecule has 0 aliphatic carbocycles. The number of rotatable bonds is 4. The van der Waals surface area contributed by atoms with E-state index in [1.54, 1.807) is 0 Å². The molecule has 2 aliphatic heterocycles. The van der Waals surface area contributed by atoms with Gasteiger partial charge in [-0.3, -0.25) is 9.69 Å². The number of sulfone groups is 1. The number of halogens is 1. The zero-order chi connectivity index (χ0) is 19.7. The number of carbonyl (C=O) groups excluding carboxylic acids is 1. The number of carbonyl (C=O) groups is 1. The molecule has 2 aliphatic rings. The summed E-state index contributed by atoms with van der Waals surface area (Å²) in [4.78, 5) is 21.3. The van der Waals surface area contributed by atoms with E-state index >= 15 is 0 Å². The molecule has 0 saturated carbocycles. The highest BCUT2D eigenvalue weighted by atomic mass is 35.5. The maximum atomic E-state index is 12.7. The number of amides is 1. The third-order valence-electron chi connectivity index (χ3n) is 5.38. The van der Waals surface area contributed by atoms with Gasteiger partial charge in [-0.2, -0.15) is 0 Å². The summed E-state index contributed by atoms with van der Waals surface area (Å²) in [5, 5.41) is 3.39. The Morgan fingerprint density at radius 3 is 2.64 bits per heavy atom. The number of nitrogens with zero attached hydrogens (tertiary/aromatic N) is 3. The molecule has 0 spiro atoms. The van der Waals surface area contributed by atoms with E-state index in [2.05, 4.69) is 9.88 Å². The Labute approximate surface area is 174 Å². The van der Waals surface area contributed by atoms with E-state index in [9.17, 15) is 13.2 Å². The normalized spacial score (nSPS) is 22.5. The van der Waals surface area contributed by atoms with Crippen molar-refractivity contribution in [2.24, 2.45) is 0 Å². The quantitative estimate of drug-likeness (QED) is 0.731. The topological polar surface area (TPSA) is 70.6 Å². The van der Waals surface area contributed by atoms with E-state index in [4.69, 9.17) is 11.6 Å². The molecule has 3 heterocycles. The summed E-state index contributed by atoms with van der Waals surface area (Å²) >= 11 is 7.72. The molecule has 0 bridgehead atoms. The van der Waals surface area contributed by atoms with Crippen LogP contribution in [0.2, 0.25) is 5.02 Å². The van der Waals surface area contributed by atoms with E-state index in [0.717, 1.165) is 29.4 Å². The van der Waals surface area contributed by atoms with Gasteiger partial charge in [-0.1, -0.05) is 29.8 Å². The predicted molar refractivity (Wildman–Crippen MR) is 111 cm³/mol. The molecule has 0 N–H and O–H groups in total. The Kier molecular flexibility index (Phi) is 5.73. The third-order valence-corrected chi connectivity index (χ3v) is 8.38. The Morgan fingerprint density at radius 1 is 1.21 bits per heavy atom. The molecule has 6 nitrogen and oxygen atoms in total. The fourth-order valence-corrected chi connectivity index (χ4v) is 6.71. The molecule has 9 heteroatoms. The molecule has 1 aromatic heterocycles. The van der Waals surface area contributed by atoms with Gasteiger partial charge in [0.05, 0.1) is 28.6 Å². The minimum Gasteiger partial charge on any atom is -0.340 e. The number of piperazine rings is 1. The number of thiazole rings is 1. The molecular formula is C19H22ClN3O3S2. The van der Waals surface area contributed by atoms with Crippen LogP contribution in [0.5, 0.6) is 0 Å². The van der Waals surface area contributed by atoms with Gasteiger partial charge in [0.25, 0.3) is 0 Å². The number of hydrogen-bond acceptors (Lipinski definition) is 6. The Morgan fingerprint density at radius 2 is 1.96 bits per heavy atom. The van der Waals surface area contributed by atoms with Gasteiger partial charge in [-0.15, -0.1) is 11.3 Å². The predicted octanol–water partition coefficient (Wildman–Crippen LogP) is 2.34. The van der Waals surface area contributed by atoms with Crippen LogP contribution < -0.4 is 0 Å².